The van der Waals surface area contributed by atoms with E-state index < -0.39 is 26.0 Å². The van der Waals surface area contributed by atoms with Crippen LogP contribution in [0.2, 0.25) is 10.0 Å². The lowest BCUT2D eigenvalue weighted by atomic mass is 10.2. The largest absolute Gasteiger partial charge is 0.459 e. The van der Waals surface area contributed by atoms with Crippen LogP contribution in [0, 0.1) is 0 Å². The number of carbonyl (C=O) groups is 1. The van der Waals surface area contributed by atoms with Gasteiger partial charge in [0.2, 0.25) is 0 Å². The molecule has 3 aromatic carbocycles. The molecular weight excluding hydrogens is 549 g/mol. The van der Waals surface area contributed by atoms with E-state index in [4.69, 9.17) is 27.6 Å². The summed E-state index contributed by atoms with van der Waals surface area (Å²) in [5.74, 6) is -0.549. The van der Waals surface area contributed by atoms with Crippen molar-refractivity contribution >= 4 is 66.2 Å². The minimum absolute atomic E-state index is 0.0332. The standard InChI is InChI=1S/C23H17Cl2N3O6S2/c24-15-3-8-18(9-4-15)35(30,31)27-20-12-7-17(26-23(29)22-2-1-13-34-22)14-21(20)28-36(32,33)19-10-5-16(25)6-11-19/h1-14,27-28H,(H,26,29). The van der Waals surface area contributed by atoms with Gasteiger partial charge in [0.05, 0.1) is 27.4 Å². The number of nitrogens with one attached hydrogen (secondary N) is 3. The lowest BCUT2D eigenvalue weighted by Crippen LogP contribution is -2.18. The van der Waals surface area contributed by atoms with E-state index in [1.54, 1.807) is 0 Å². The third-order valence-corrected chi connectivity index (χ3v) is 8.03. The van der Waals surface area contributed by atoms with Gasteiger partial charge in [-0.2, -0.15) is 0 Å². The molecule has 0 saturated carbocycles. The van der Waals surface area contributed by atoms with E-state index in [-0.39, 0.29) is 32.6 Å². The van der Waals surface area contributed by atoms with Crippen LogP contribution in [-0.2, 0) is 20.0 Å². The second-order valence-corrected chi connectivity index (χ2v) is 11.5. The number of carbonyl (C=O) groups excluding carboxylic acids is 1. The van der Waals surface area contributed by atoms with Gasteiger partial charge in [-0.15, -0.1) is 0 Å². The molecule has 0 fully saturated rings. The van der Waals surface area contributed by atoms with Crippen molar-refractivity contribution in [1.29, 1.82) is 0 Å². The van der Waals surface area contributed by atoms with Crippen molar-refractivity contribution in [3.63, 3.8) is 0 Å². The Labute approximate surface area is 217 Å². The maximum absolute atomic E-state index is 13.0. The normalized spacial score (nSPS) is 11.6. The number of benzene rings is 3. The van der Waals surface area contributed by atoms with Gasteiger partial charge in [0.1, 0.15) is 0 Å². The summed E-state index contributed by atoms with van der Waals surface area (Å²) in [7, 11) is -8.27. The molecular formula is C23H17Cl2N3O6S2. The lowest BCUT2D eigenvalue weighted by Gasteiger charge is -2.16. The number of hydrogen-bond donors (Lipinski definition) is 3. The minimum atomic E-state index is -4.16. The van der Waals surface area contributed by atoms with Gasteiger partial charge in [0, 0.05) is 15.7 Å². The molecule has 3 N–H and O–H groups in total. The molecule has 9 nitrogen and oxygen atoms in total. The number of halogens is 2. The van der Waals surface area contributed by atoms with Crippen molar-refractivity contribution in [3.05, 3.63) is 101 Å². The molecule has 0 spiro atoms. The summed E-state index contributed by atoms with van der Waals surface area (Å²) in [6, 6.07) is 17.8. The molecule has 0 saturated heterocycles. The fraction of sp³-hybridized carbons (Fsp3) is 0. The highest BCUT2D eigenvalue weighted by Crippen LogP contribution is 2.31. The zero-order valence-electron chi connectivity index (χ0n) is 18.1. The van der Waals surface area contributed by atoms with Gasteiger partial charge in [-0.05, 0) is 78.9 Å². The molecule has 36 heavy (non-hydrogen) atoms. The number of rotatable bonds is 8. The minimum Gasteiger partial charge on any atom is -0.459 e. The Bertz CT molecular complexity index is 1610. The summed E-state index contributed by atoms with van der Waals surface area (Å²) in [5, 5.41) is 3.26. The molecule has 186 valence electrons. The highest BCUT2D eigenvalue weighted by Gasteiger charge is 2.21. The van der Waals surface area contributed by atoms with Crippen LogP contribution in [0.1, 0.15) is 10.6 Å². The van der Waals surface area contributed by atoms with Gasteiger partial charge in [-0.3, -0.25) is 14.2 Å². The summed E-state index contributed by atoms with van der Waals surface area (Å²) in [4.78, 5) is 12.2. The Hall–Kier alpha value is -3.51. The van der Waals surface area contributed by atoms with Crippen LogP contribution in [-0.4, -0.2) is 22.7 Å². The monoisotopic (exact) mass is 565 g/mol. The fourth-order valence-corrected chi connectivity index (χ4v) is 5.43. The van der Waals surface area contributed by atoms with Crippen molar-refractivity contribution in [2.45, 2.75) is 9.79 Å². The van der Waals surface area contributed by atoms with Crippen molar-refractivity contribution in [2.24, 2.45) is 0 Å². The summed E-state index contributed by atoms with van der Waals surface area (Å²) >= 11 is 11.7. The van der Waals surface area contributed by atoms with Crippen molar-refractivity contribution in [2.75, 3.05) is 14.8 Å². The first-order valence-electron chi connectivity index (χ1n) is 10.1. The molecule has 0 atom stereocenters. The van der Waals surface area contributed by atoms with Crippen LogP contribution in [0.25, 0.3) is 0 Å². The zero-order valence-corrected chi connectivity index (χ0v) is 21.2. The molecule has 0 radical (unpaired) electrons. The number of anilines is 3. The summed E-state index contributed by atoms with van der Waals surface area (Å²) in [6.45, 7) is 0. The van der Waals surface area contributed by atoms with Crippen LogP contribution < -0.4 is 14.8 Å². The Morgan fingerprint density at radius 2 is 1.22 bits per heavy atom. The third kappa shape index (κ3) is 6.00. The smallest absolute Gasteiger partial charge is 0.291 e. The van der Waals surface area contributed by atoms with Gasteiger partial charge in [-0.25, -0.2) is 16.8 Å². The van der Waals surface area contributed by atoms with E-state index in [1.807, 2.05) is 0 Å². The van der Waals surface area contributed by atoms with Gasteiger partial charge in [0.25, 0.3) is 26.0 Å². The second-order valence-electron chi connectivity index (χ2n) is 7.31. The van der Waals surface area contributed by atoms with E-state index >= 15 is 0 Å². The molecule has 0 aliphatic carbocycles. The van der Waals surface area contributed by atoms with Gasteiger partial charge < -0.3 is 9.73 Å². The van der Waals surface area contributed by atoms with Crippen LogP contribution in [0.5, 0.6) is 0 Å². The van der Waals surface area contributed by atoms with Gasteiger partial charge >= 0.3 is 0 Å². The lowest BCUT2D eigenvalue weighted by molar-refractivity contribution is 0.0996. The first-order chi connectivity index (χ1) is 17.0. The molecule has 4 rings (SSSR count). The molecule has 1 heterocycles. The Kier molecular flexibility index (Phi) is 7.27. The van der Waals surface area contributed by atoms with E-state index in [0.717, 1.165) is 0 Å². The summed E-state index contributed by atoms with van der Waals surface area (Å²) in [6.07, 6.45) is 1.33. The number of sulfonamides is 2. The molecule has 0 aliphatic heterocycles. The second kappa shape index (κ2) is 10.2. The van der Waals surface area contributed by atoms with E-state index in [2.05, 4.69) is 14.8 Å². The van der Waals surface area contributed by atoms with Crippen LogP contribution >= 0.6 is 23.2 Å². The molecule has 0 bridgehead atoms. The number of amides is 1. The average Bonchev–Trinajstić information content (AvgIpc) is 3.36. The molecule has 0 aliphatic rings. The predicted molar refractivity (Wildman–Crippen MR) is 138 cm³/mol. The van der Waals surface area contributed by atoms with Crippen molar-refractivity contribution < 1.29 is 26.0 Å². The first kappa shape index (κ1) is 25.6. The number of furan rings is 1. The maximum atomic E-state index is 13.0. The SMILES string of the molecule is O=C(Nc1ccc(NS(=O)(=O)c2ccc(Cl)cc2)c(NS(=O)(=O)c2ccc(Cl)cc2)c1)c1ccco1. The molecule has 13 heteroatoms. The average molecular weight is 566 g/mol. The van der Waals surface area contributed by atoms with Crippen LogP contribution in [0.15, 0.2) is 99.3 Å². The van der Waals surface area contributed by atoms with E-state index in [9.17, 15) is 21.6 Å². The molecule has 0 unspecified atom stereocenters. The third-order valence-electron chi connectivity index (χ3n) is 4.76. The first-order valence-corrected chi connectivity index (χ1v) is 13.8. The van der Waals surface area contributed by atoms with Crippen LogP contribution in [0.4, 0.5) is 17.1 Å². The molecule has 1 aromatic heterocycles. The molecule has 4 aromatic rings. The highest BCUT2D eigenvalue weighted by molar-refractivity contribution is 7.93. The summed E-state index contributed by atoms with van der Waals surface area (Å²) < 4.78 is 61.7. The van der Waals surface area contributed by atoms with Gasteiger partial charge in [0.15, 0.2) is 5.76 Å². The fourth-order valence-electron chi connectivity index (χ4n) is 3.03. The molecule has 1 amide bonds. The number of hydrogen-bond acceptors (Lipinski definition) is 6. The van der Waals surface area contributed by atoms with Crippen LogP contribution in [0.3, 0.4) is 0 Å². The van der Waals surface area contributed by atoms with E-state index in [0.29, 0.717) is 10.0 Å². The predicted octanol–water partition coefficient (Wildman–Crippen LogP) is 5.44. The Morgan fingerprint density at radius 1 is 0.694 bits per heavy atom. The van der Waals surface area contributed by atoms with Crippen molar-refractivity contribution in [1.82, 2.24) is 0 Å². The Morgan fingerprint density at radius 3 is 1.72 bits per heavy atom. The topological polar surface area (TPSA) is 135 Å². The highest BCUT2D eigenvalue weighted by atomic mass is 35.5. The van der Waals surface area contributed by atoms with E-state index in [1.165, 1.54) is 85.1 Å². The quantitative estimate of drug-likeness (QED) is 0.260. The maximum Gasteiger partial charge on any atom is 0.291 e. The summed E-state index contributed by atoms with van der Waals surface area (Å²) in [5.41, 5.74) is -0.0436. The zero-order chi connectivity index (χ0) is 25.9. The Balaban J connectivity index is 1.71. The van der Waals surface area contributed by atoms with Crippen molar-refractivity contribution in [3.8, 4) is 0 Å². The van der Waals surface area contributed by atoms with Gasteiger partial charge in [-0.1, -0.05) is 23.2 Å².